The van der Waals surface area contributed by atoms with Gasteiger partial charge in [0.2, 0.25) is 0 Å². The highest BCUT2D eigenvalue weighted by atomic mass is 32.1. The molecule has 0 amide bonds. The number of nitrogens with zero attached hydrogens (tertiary/aromatic N) is 1. The number of ether oxygens (including phenoxy) is 3. The van der Waals surface area contributed by atoms with E-state index in [4.69, 9.17) is 14.2 Å². The fraction of sp³-hybridized carbons (Fsp3) is 0.300. The molecule has 4 rings (SSSR count). The third kappa shape index (κ3) is 3.86. The van der Waals surface area contributed by atoms with E-state index in [1.54, 1.807) is 18.2 Å². The SMILES string of the molecule is O=C(OCc1nc2ccccc2s1)c1ccccc1OCC1CCCO1. The Morgan fingerprint density at radius 2 is 2.04 bits per heavy atom. The van der Waals surface area contributed by atoms with E-state index in [-0.39, 0.29) is 12.7 Å². The van der Waals surface area contributed by atoms with Crippen LogP contribution in [-0.4, -0.2) is 30.3 Å². The Bertz CT molecular complexity index is 868. The molecule has 1 aliphatic rings. The van der Waals surface area contributed by atoms with E-state index in [1.807, 2.05) is 30.3 Å². The first-order valence-electron chi connectivity index (χ1n) is 8.64. The molecule has 1 unspecified atom stereocenters. The Morgan fingerprint density at radius 1 is 1.19 bits per heavy atom. The second kappa shape index (κ2) is 7.85. The van der Waals surface area contributed by atoms with Crippen LogP contribution in [0.2, 0.25) is 0 Å². The third-order valence-corrected chi connectivity index (χ3v) is 5.23. The van der Waals surface area contributed by atoms with Crippen molar-refractivity contribution in [2.75, 3.05) is 13.2 Å². The van der Waals surface area contributed by atoms with E-state index >= 15 is 0 Å². The lowest BCUT2D eigenvalue weighted by Gasteiger charge is -2.14. The summed E-state index contributed by atoms with van der Waals surface area (Å²) in [4.78, 5) is 17.0. The molecule has 134 valence electrons. The van der Waals surface area contributed by atoms with E-state index in [2.05, 4.69) is 4.98 Å². The maximum atomic E-state index is 12.5. The van der Waals surface area contributed by atoms with E-state index < -0.39 is 5.97 Å². The van der Waals surface area contributed by atoms with Crippen LogP contribution < -0.4 is 4.74 Å². The van der Waals surface area contributed by atoms with Gasteiger partial charge in [0.1, 0.15) is 29.5 Å². The van der Waals surface area contributed by atoms with Gasteiger partial charge < -0.3 is 14.2 Å². The van der Waals surface area contributed by atoms with Crippen molar-refractivity contribution in [3.8, 4) is 5.75 Å². The van der Waals surface area contributed by atoms with Gasteiger partial charge in [-0.1, -0.05) is 24.3 Å². The largest absolute Gasteiger partial charge is 0.490 e. The van der Waals surface area contributed by atoms with Crippen LogP contribution in [0.3, 0.4) is 0 Å². The smallest absolute Gasteiger partial charge is 0.342 e. The topological polar surface area (TPSA) is 57.7 Å². The van der Waals surface area contributed by atoms with Gasteiger partial charge in [0.05, 0.1) is 16.3 Å². The van der Waals surface area contributed by atoms with Gasteiger partial charge in [0.25, 0.3) is 0 Å². The lowest BCUT2D eigenvalue weighted by molar-refractivity contribution is 0.0454. The summed E-state index contributed by atoms with van der Waals surface area (Å²) < 4.78 is 17.9. The van der Waals surface area contributed by atoms with Crippen molar-refractivity contribution in [3.63, 3.8) is 0 Å². The number of aromatic nitrogens is 1. The molecule has 2 heterocycles. The number of para-hydroxylation sites is 2. The summed E-state index contributed by atoms with van der Waals surface area (Å²) in [7, 11) is 0. The average molecular weight is 369 g/mol. The molecule has 26 heavy (non-hydrogen) atoms. The second-order valence-corrected chi connectivity index (χ2v) is 7.21. The zero-order valence-electron chi connectivity index (χ0n) is 14.2. The molecule has 0 radical (unpaired) electrons. The molecule has 6 heteroatoms. The predicted octanol–water partition coefficient (Wildman–Crippen LogP) is 4.21. The van der Waals surface area contributed by atoms with Crippen molar-refractivity contribution in [2.24, 2.45) is 0 Å². The van der Waals surface area contributed by atoms with Crippen LogP contribution in [0.25, 0.3) is 10.2 Å². The lowest BCUT2D eigenvalue weighted by Crippen LogP contribution is -2.17. The van der Waals surface area contributed by atoms with E-state index in [1.165, 1.54) is 11.3 Å². The lowest BCUT2D eigenvalue weighted by atomic mass is 10.2. The number of esters is 1. The zero-order valence-corrected chi connectivity index (χ0v) is 15.0. The van der Waals surface area contributed by atoms with Crippen LogP contribution in [0.5, 0.6) is 5.75 Å². The summed E-state index contributed by atoms with van der Waals surface area (Å²) in [5.74, 6) is 0.115. The second-order valence-electron chi connectivity index (χ2n) is 6.09. The number of rotatable bonds is 6. The quantitative estimate of drug-likeness (QED) is 0.609. The molecule has 1 atom stereocenters. The van der Waals surface area contributed by atoms with Crippen molar-refractivity contribution in [2.45, 2.75) is 25.6 Å². The van der Waals surface area contributed by atoms with Gasteiger partial charge in [0, 0.05) is 6.61 Å². The highest BCUT2D eigenvalue weighted by Crippen LogP contribution is 2.24. The average Bonchev–Trinajstić information content (AvgIpc) is 3.33. The highest BCUT2D eigenvalue weighted by Gasteiger charge is 2.19. The van der Waals surface area contributed by atoms with Crippen LogP contribution in [-0.2, 0) is 16.1 Å². The highest BCUT2D eigenvalue weighted by molar-refractivity contribution is 7.18. The van der Waals surface area contributed by atoms with E-state index in [9.17, 15) is 4.79 Å². The van der Waals surface area contributed by atoms with Crippen molar-refractivity contribution in [3.05, 3.63) is 59.1 Å². The molecule has 0 aliphatic carbocycles. The van der Waals surface area contributed by atoms with Crippen LogP contribution in [0.15, 0.2) is 48.5 Å². The minimum atomic E-state index is -0.410. The Labute approximate surface area is 155 Å². The summed E-state index contributed by atoms with van der Waals surface area (Å²) in [6.07, 6.45) is 2.14. The monoisotopic (exact) mass is 369 g/mol. The molecular formula is C20H19NO4S. The molecule has 0 N–H and O–H groups in total. The van der Waals surface area contributed by atoms with Crippen molar-refractivity contribution < 1.29 is 19.0 Å². The summed E-state index contributed by atoms with van der Waals surface area (Å²) in [6, 6.07) is 15.0. The van der Waals surface area contributed by atoms with Gasteiger partial charge in [-0.2, -0.15) is 0 Å². The molecule has 0 saturated carbocycles. The Kier molecular flexibility index (Phi) is 5.13. The number of thiazole rings is 1. The molecule has 0 spiro atoms. The van der Waals surface area contributed by atoms with Crippen molar-refractivity contribution >= 4 is 27.5 Å². The van der Waals surface area contributed by atoms with Gasteiger partial charge in [-0.05, 0) is 37.1 Å². The molecule has 1 aromatic heterocycles. The van der Waals surface area contributed by atoms with Gasteiger partial charge in [-0.15, -0.1) is 11.3 Å². The first-order chi connectivity index (χ1) is 12.8. The van der Waals surface area contributed by atoms with Crippen LogP contribution in [0, 0.1) is 0 Å². The summed E-state index contributed by atoms with van der Waals surface area (Å²) in [5, 5.41) is 0.775. The van der Waals surface area contributed by atoms with Gasteiger partial charge >= 0.3 is 5.97 Å². The number of fused-ring (bicyclic) bond motifs is 1. The number of benzene rings is 2. The van der Waals surface area contributed by atoms with Crippen LogP contribution >= 0.6 is 11.3 Å². The number of carbonyl (C=O) groups excluding carboxylic acids is 1. The van der Waals surface area contributed by atoms with Gasteiger partial charge in [-0.25, -0.2) is 9.78 Å². The molecular weight excluding hydrogens is 350 g/mol. The molecule has 5 nitrogen and oxygen atoms in total. The standard InChI is InChI=1S/C20H19NO4S/c22-20(25-13-19-21-16-8-2-4-10-18(16)26-19)15-7-1-3-9-17(15)24-12-14-6-5-11-23-14/h1-4,7-10,14H,5-6,11-13H2. The number of carbonyl (C=O) groups is 1. The van der Waals surface area contributed by atoms with Crippen molar-refractivity contribution in [1.29, 1.82) is 0 Å². The summed E-state index contributed by atoms with van der Waals surface area (Å²) in [6.45, 7) is 1.38. The van der Waals surface area contributed by atoms with Gasteiger partial charge in [0.15, 0.2) is 0 Å². The predicted molar refractivity (Wildman–Crippen MR) is 99.7 cm³/mol. The molecule has 2 aromatic carbocycles. The Hall–Kier alpha value is -2.44. The van der Waals surface area contributed by atoms with Crippen LogP contribution in [0.1, 0.15) is 28.2 Å². The first-order valence-corrected chi connectivity index (χ1v) is 9.46. The first kappa shape index (κ1) is 17.0. The zero-order chi connectivity index (χ0) is 17.8. The maximum Gasteiger partial charge on any atom is 0.342 e. The van der Waals surface area contributed by atoms with E-state index in [0.29, 0.717) is 17.9 Å². The molecule has 1 aliphatic heterocycles. The van der Waals surface area contributed by atoms with E-state index in [0.717, 1.165) is 34.7 Å². The molecule has 1 saturated heterocycles. The number of hydrogen-bond acceptors (Lipinski definition) is 6. The molecule has 0 bridgehead atoms. The Morgan fingerprint density at radius 3 is 2.88 bits per heavy atom. The maximum absolute atomic E-state index is 12.5. The minimum absolute atomic E-state index is 0.0989. The third-order valence-electron chi connectivity index (χ3n) is 4.22. The van der Waals surface area contributed by atoms with Gasteiger partial charge in [-0.3, -0.25) is 0 Å². The van der Waals surface area contributed by atoms with Crippen molar-refractivity contribution in [1.82, 2.24) is 4.98 Å². The Balaban J connectivity index is 1.40. The fourth-order valence-electron chi connectivity index (χ4n) is 2.91. The fourth-order valence-corrected chi connectivity index (χ4v) is 3.79. The number of hydrogen-bond donors (Lipinski definition) is 0. The molecule has 3 aromatic rings. The minimum Gasteiger partial charge on any atom is -0.490 e. The summed E-state index contributed by atoms with van der Waals surface area (Å²) >= 11 is 1.53. The summed E-state index contributed by atoms with van der Waals surface area (Å²) in [5.41, 5.74) is 1.34. The van der Waals surface area contributed by atoms with Crippen LogP contribution in [0.4, 0.5) is 0 Å². The normalized spacial score (nSPS) is 16.7. The molecule has 1 fully saturated rings.